The van der Waals surface area contributed by atoms with Gasteiger partial charge in [-0.3, -0.25) is 10.3 Å². The fourth-order valence-corrected chi connectivity index (χ4v) is 3.55. The normalized spacial score (nSPS) is 16.6. The first-order valence-electron chi connectivity index (χ1n) is 6.25. The number of rotatable bonds is 2. The molecule has 0 saturated carbocycles. The zero-order valence-corrected chi connectivity index (χ0v) is 14.2. The SMILES string of the molecule is N=C1C(=Nc2cccc(Cl)c2)SC(=S)N1c1cccc(Cl)c1. The van der Waals surface area contributed by atoms with Gasteiger partial charge < -0.3 is 0 Å². The molecule has 0 radical (unpaired) electrons. The lowest BCUT2D eigenvalue weighted by Gasteiger charge is -2.16. The molecule has 22 heavy (non-hydrogen) atoms. The summed E-state index contributed by atoms with van der Waals surface area (Å²) in [6, 6.07) is 14.4. The van der Waals surface area contributed by atoms with Crippen LogP contribution in [0.3, 0.4) is 0 Å². The van der Waals surface area contributed by atoms with Crippen molar-refractivity contribution in [3.05, 3.63) is 58.6 Å². The second-order valence-corrected chi connectivity index (χ2v) is 6.92. The first kappa shape index (κ1) is 15.5. The zero-order valence-electron chi connectivity index (χ0n) is 11.1. The van der Waals surface area contributed by atoms with Gasteiger partial charge in [-0.2, -0.15) is 0 Å². The average Bonchev–Trinajstić information content (AvgIpc) is 2.73. The quantitative estimate of drug-likeness (QED) is 0.710. The molecule has 3 nitrogen and oxygen atoms in total. The molecule has 3 rings (SSSR count). The van der Waals surface area contributed by atoms with Crippen LogP contribution in [0.25, 0.3) is 0 Å². The van der Waals surface area contributed by atoms with Crippen molar-refractivity contribution in [3.8, 4) is 0 Å². The van der Waals surface area contributed by atoms with Crippen molar-refractivity contribution in [2.45, 2.75) is 0 Å². The Morgan fingerprint density at radius 3 is 2.41 bits per heavy atom. The van der Waals surface area contributed by atoms with Crippen LogP contribution < -0.4 is 4.90 Å². The van der Waals surface area contributed by atoms with Gasteiger partial charge in [-0.1, -0.05) is 47.6 Å². The predicted molar refractivity (Wildman–Crippen MR) is 100 cm³/mol. The maximum Gasteiger partial charge on any atom is 0.164 e. The van der Waals surface area contributed by atoms with Gasteiger partial charge in [-0.15, -0.1) is 0 Å². The van der Waals surface area contributed by atoms with Crippen LogP contribution in [0.4, 0.5) is 11.4 Å². The number of nitrogens with one attached hydrogen (secondary N) is 1. The summed E-state index contributed by atoms with van der Waals surface area (Å²) >= 11 is 18.6. The summed E-state index contributed by atoms with van der Waals surface area (Å²) in [5, 5.41) is 10.0. The Balaban J connectivity index is 1.95. The third kappa shape index (κ3) is 3.17. The molecule has 0 atom stereocenters. The molecule has 1 N–H and O–H groups in total. The highest BCUT2D eigenvalue weighted by Gasteiger charge is 2.31. The van der Waals surface area contributed by atoms with Gasteiger partial charge in [-0.05, 0) is 48.2 Å². The maximum atomic E-state index is 8.32. The summed E-state index contributed by atoms with van der Waals surface area (Å²) in [4.78, 5) is 6.11. The second-order valence-electron chi connectivity index (χ2n) is 4.43. The van der Waals surface area contributed by atoms with E-state index >= 15 is 0 Å². The number of thiocarbonyl (C=S) groups is 1. The highest BCUT2D eigenvalue weighted by Crippen LogP contribution is 2.32. The molecule has 1 saturated heterocycles. The first-order chi connectivity index (χ1) is 10.5. The Morgan fingerprint density at radius 1 is 1.05 bits per heavy atom. The molecule has 1 aliphatic heterocycles. The van der Waals surface area contributed by atoms with Crippen LogP contribution in [-0.2, 0) is 0 Å². The fraction of sp³-hybridized carbons (Fsp3) is 0. The molecular formula is C15H9Cl2N3S2. The van der Waals surface area contributed by atoms with E-state index < -0.39 is 0 Å². The molecule has 0 amide bonds. The number of benzene rings is 2. The average molecular weight is 366 g/mol. The second kappa shape index (κ2) is 6.38. The van der Waals surface area contributed by atoms with Crippen LogP contribution in [0.2, 0.25) is 10.0 Å². The maximum absolute atomic E-state index is 8.32. The summed E-state index contributed by atoms with van der Waals surface area (Å²) in [6.45, 7) is 0. The predicted octanol–water partition coefficient (Wildman–Crippen LogP) is 5.54. The summed E-state index contributed by atoms with van der Waals surface area (Å²) in [7, 11) is 0. The highest BCUT2D eigenvalue weighted by atomic mass is 35.5. The van der Waals surface area contributed by atoms with Crippen molar-refractivity contribution >= 4 is 73.8 Å². The number of anilines is 1. The minimum atomic E-state index is 0.234. The first-order valence-corrected chi connectivity index (χ1v) is 8.23. The van der Waals surface area contributed by atoms with Crippen LogP contribution >= 0.6 is 47.2 Å². The Kier molecular flexibility index (Phi) is 4.49. The van der Waals surface area contributed by atoms with E-state index in [1.807, 2.05) is 24.3 Å². The summed E-state index contributed by atoms with van der Waals surface area (Å²) < 4.78 is 0.549. The molecule has 7 heteroatoms. The molecule has 0 aromatic heterocycles. The van der Waals surface area contributed by atoms with Gasteiger partial charge >= 0.3 is 0 Å². The largest absolute Gasteiger partial charge is 0.282 e. The number of halogens is 2. The molecule has 0 spiro atoms. The van der Waals surface area contributed by atoms with E-state index in [1.165, 1.54) is 11.8 Å². The van der Waals surface area contributed by atoms with E-state index in [1.54, 1.807) is 29.2 Å². The molecule has 1 heterocycles. The number of thioether (sulfide) groups is 1. The lowest BCUT2D eigenvalue weighted by Crippen LogP contribution is -2.28. The van der Waals surface area contributed by atoms with Gasteiger partial charge in [-0.25, -0.2) is 4.99 Å². The van der Waals surface area contributed by atoms with Crippen LogP contribution in [0.5, 0.6) is 0 Å². The molecule has 1 aliphatic rings. The van der Waals surface area contributed by atoms with Crippen molar-refractivity contribution in [1.29, 1.82) is 5.41 Å². The molecule has 0 unspecified atom stereocenters. The summed E-state index contributed by atoms with van der Waals surface area (Å²) in [6.07, 6.45) is 0. The number of aliphatic imine (C=N–C) groups is 1. The van der Waals surface area contributed by atoms with Gasteiger partial charge in [0.05, 0.1) is 11.4 Å². The fourth-order valence-electron chi connectivity index (χ4n) is 1.95. The Bertz CT molecular complexity index is 805. The minimum absolute atomic E-state index is 0.234. The third-order valence-electron chi connectivity index (χ3n) is 2.90. The molecule has 110 valence electrons. The summed E-state index contributed by atoms with van der Waals surface area (Å²) in [5.41, 5.74) is 1.45. The third-order valence-corrected chi connectivity index (χ3v) is 4.64. The smallest absolute Gasteiger partial charge is 0.164 e. The minimum Gasteiger partial charge on any atom is -0.282 e. The lowest BCUT2D eigenvalue weighted by atomic mass is 10.3. The highest BCUT2D eigenvalue weighted by molar-refractivity contribution is 8.35. The lowest BCUT2D eigenvalue weighted by molar-refractivity contribution is 1.40. The van der Waals surface area contributed by atoms with Gasteiger partial charge in [0.1, 0.15) is 5.04 Å². The molecule has 0 bridgehead atoms. The topological polar surface area (TPSA) is 39.5 Å². The van der Waals surface area contributed by atoms with Gasteiger partial charge in [0.2, 0.25) is 0 Å². The van der Waals surface area contributed by atoms with Crippen molar-refractivity contribution < 1.29 is 0 Å². The molecule has 0 aliphatic carbocycles. The van der Waals surface area contributed by atoms with Gasteiger partial charge in [0.15, 0.2) is 10.2 Å². The summed E-state index contributed by atoms with van der Waals surface area (Å²) in [5.74, 6) is 0.234. The van der Waals surface area contributed by atoms with Crippen LogP contribution in [0, 0.1) is 5.41 Å². The van der Waals surface area contributed by atoms with Gasteiger partial charge in [0, 0.05) is 10.0 Å². The van der Waals surface area contributed by atoms with E-state index in [-0.39, 0.29) is 5.84 Å². The Labute approximate surface area is 147 Å². The number of hydrogen-bond acceptors (Lipinski definition) is 4. The van der Waals surface area contributed by atoms with Crippen LogP contribution in [0.1, 0.15) is 0 Å². The Morgan fingerprint density at radius 2 is 1.73 bits per heavy atom. The zero-order chi connectivity index (χ0) is 15.7. The molecule has 2 aromatic rings. The van der Waals surface area contributed by atoms with Crippen LogP contribution in [-0.4, -0.2) is 15.2 Å². The van der Waals surface area contributed by atoms with Crippen LogP contribution in [0.15, 0.2) is 53.5 Å². The Hall–Kier alpha value is -1.40. The monoisotopic (exact) mass is 365 g/mol. The van der Waals surface area contributed by atoms with E-state index in [0.717, 1.165) is 5.69 Å². The van der Waals surface area contributed by atoms with Gasteiger partial charge in [0.25, 0.3) is 0 Å². The standard InChI is InChI=1S/C15H9Cl2N3S2/c16-9-3-1-5-11(7-9)19-14-13(18)20(15(21)22-14)12-6-2-4-10(17)8-12/h1-8,18H. The van der Waals surface area contributed by atoms with E-state index in [0.29, 0.717) is 25.1 Å². The molecule has 2 aromatic carbocycles. The number of nitrogens with zero attached hydrogens (tertiary/aromatic N) is 2. The number of amidine groups is 1. The van der Waals surface area contributed by atoms with E-state index in [9.17, 15) is 0 Å². The van der Waals surface area contributed by atoms with Crippen molar-refractivity contribution in [1.82, 2.24) is 0 Å². The molecule has 1 fully saturated rings. The van der Waals surface area contributed by atoms with Crippen molar-refractivity contribution in [3.63, 3.8) is 0 Å². The number of hydrogen-bond donors (Lipinski definition) is 1. The van der Waals surface area contributed by atoms with Crippen molar-refractivity contribution in [2.24, 2.45) is 4.99 Å². The van der Waals surface area contributed by atoms with Crippen molar-refractivity contribution in [2.75, 3.05) is 4.90 Å². The van der Waals surface area contributed by atoms with E-state index in [2.05, 4.69) is 4.99 Å². The molecular weight excluding hydrogens is 357 g/mol. The van der Waals surface area contributed by atoms with E-state index in [4.69, 9.17) is 40.8 Å².